The number of nitrogens with zero attached hydrogens (tertiary/aromatic N) is 3. The summed E-state index contributed by atoms with van der Waals surface area (Å²) in [6.07, 6.45) is 5.27. The molecule has 0 atom stereocenters. The smallest absolute Gasteiger partial charge is 0.280 e. The first kappa shape index (κ1) is 29.0. The number of nitrogens with one attached hydrogen (secondary N) is 2. The maximum atomic E-state index is 13.2. The van der Waals surface area contributed by atoms with Gasteiger partial charge in [0.05, 0.1) is 13.7 Å². The molecule has 3 rings (SSSR count). The van der Waals surface area contributed by atoms with E-state index in [-0.39, 0.29) is 46.2 Å². The van der Waals surface area contributed by atoms with Gasteiger partial charge in [-0.3, -0.25) is 9.52 Å². The number of hydroxylamine groups is 1. The molecular weight excluding hydrogens is 534 g/mol. The van der Waals surface area contributed by atoms with Crippen molar-refractivity contribution in [2.75, 3.05) is 25.0 Å². The maximum Gasteiger partial charge on any atom is 0.280 e. The molecule has 0 aliphatic carbocycles. The molecule has 1 aromatic carbocycles. The van der Waals surface area contributed by atoms with Crippen LogP contribution in [-0.4, -0.2) is 60.3 Å². The number of anilines is 1. The average Bonchev–Trinajstić information content (AvgIpc) is 2.93. The molecule has 0 amide bonds. The number of aldehydes is 1. The molecule has 0 bridgehead atoms. The van der Waals surface area contributed by atoms with Gasteiger partial charge in [0, 0.05) is 18.0 Å². The largest absolute Gasteiger partial charge is 0.493 e. The van der Waals surface area contributed by atoms with Crippen LogP contribution in [0.5, 0.6) is 23.1 Å². The summed E-state index contributed by atoms with van der Waals surface area (Å²) in [5.74, 6) is -0.620. The van der Waals surface area contributed by atoms with Gasteiger partial charge in [0.1, 0.15) is 12.9 Å². The van der Waals surface area contributed by atoms with Crippen LogP contribution in [0.4, 0.5) is 5.82 Å². The summed E-state index contributed by atoms with van der Waals surface area (Å²) < 4.78 is 45.7. The Kier molecular flexibility index (Phi) is 10.3. The summed E-state index contributed by atoms with van der Waals surface area (Å²) in [6, 6.07) is 9.42. The molecule has 0 saturated carbocycles. The van der Waals surface area contributed by atoms with Gasteiger partial charge >= 0.3 is 0 Å². The number of carbonyl (C=O) groups excluding carboxylic acids is 1. The topological polar surface area (TPSA) is 191 Å². The molecule has 0 radical (unpaired) electrons. The third-order valence-electron chi connectivity index (χ3n) is 4.73. The minimum Gasteiger partial charge on any atom is -0.493 e. The summed E-state index contributed by atoms with van der Waals surface area (Å²) in [6.45, 7) is 1.10. The number of pyridine rings is 1. The molecule has 0 unspecified atom stereocenters. The van der Waals surface area contributed by atoms with Crippen molar-refractivity contribution >= 4 is 27.7 Å². The molecule has 3 aromatic rings. The highest BCUT2D eigenvalue weighted by Gasteiger charge is 2.26. The first-order valence-corrected chi connectivity index (χ1v) is 12.6. The van der Waals surface area contributed by atoms with Crippen molar-refractivity contribution in [3.05, 3.63) is 72.3 Å². The summed E-state index contributed by atoms with van der Waals surface area (Å²) in [4.78, 5) is 27.6. The zero-order valence-corrected chi connectivity index (χ0v) is 21.6. The Morgan fingerprint density at radius 3 is 2.54 bits per heavy atom. The van der Waals surface area contributed by atoms with Crippen LogP contribution in [-0.2, 0) is 19.8 Å². The number of sulfonamides is 1. The van der Waals surface area contributed by atoms with Crippen LogP contribution in [0.25, 0.3) is 5.57 Å². The Bertz CT molecular complexity index is 1440. The van der Waals surface area contributed by atoms with E-state index < -0.39 is 16.6 Å². The number of methoxy groups -OCH3 is 1. The molecule has 2 heterocycles. The van der Waals surface area contributed by atoms with Crippen LogP contribution in [0.3, 0.4) is 0 Å². The van der Waals surface area contributed by atoms with Gasteiger partial charge in [-0.2, -0.15) is 13.4 Å². The van der Waals surface area contributed by atoms with Crippen molar-refractivity contribution in [3.63, 3.8) is 0 Å². The third-order valence-corrected chi connectivity index (χ3v) is 5.98. The van der Waals surface area contributed by atoms with Crippen molar-refractivity contribution in [1.29, 1.82) is 0 Å². The molecule has 0 spiro atoms. The van der Waals surface area contributed by atoms with Gasteiger partial charge in [-0.15, -0.1) is 4.99 Å². The molecule has 2 aromatic heterocycles. The Morgan fingerprint density at radius 2 is 1.90 bits per heavy atom. The van der Waals surface area contributed by atoms with Gasteiger partial charge < -0.3 is 19.3 Å². The molecular formula is C24H25N5O9S. The molecule has 0 aliphatic heterocycles. The van der Waals surface area contributed by atoms with E-state index in [0.29, 0.717) is 12.0 Å². The minimum absolute atomic E-state index is 0.0566. The molecule has 14 nitrogen and oxygen atoms in total. The Morgan fingerprint density at radius 1 is 1.13 bits per heavy atom. The summed E-state index contributed by atoms with van der Waals surface area (Å²) in [7, 11) is -2.89. The second-order valence-electron chi connectivity index (χ2n) is 7.43. The number of benzene rings is 1. The highest BCUT2D eigenvalue weighted by atomic mass is 32.2. The van der Waals surface area contributed by atoms with Crippen LogP contribution in [0.2, 0.25) is 0 Å². The van der Waals surface area contributed by atoms with Gasteiger partial charge in [0.15, 0.2) is 28.2 Å². The predicted octanol–water partition coefficient (Wildman–Crippen LogP) is 2.24. The number of aliphatic hydroxyl groups is 1. The quantitative estimate of drug-likeness (QED) is 0.0740. The second-order valence-corrected chi connectivity index (χ2v) is 9.06. The van der Waals surface area contributed by atoms with E-state index in [1.807, 2.05) is 5.48 Å². The van der Waals surface area contributed by atoms with Crippen LogP contribution in [0.1, 0.15) is 11.4 Å². The molecule has 0 saturated heterocycles. The van der Waals surface area contributed by atoms with Crippen LogP contribution >= 0.6 is 0 Å². The van der Waals surface area contributed by atoms with Crippen LogP contribution < -0.4 is 24.4 Å². The third kappa shape index (κ3) is 7.71. The molecule has 206 valence electrons. The van der Waals surface area contributed by atoms with E-state index in [4.69, 9.17) is 19.5 Å². The normalized spacial score (nSPS) is 11.7. The van der Waals surface area contributed by atoms with Crippen molar-refractivity contribution in [1.82, 2.24) is 20.4 Å². The fourth-order valence-corrected chi connectivity index (χ4v) is 3.93. The highest BCUT2D eigenvalue weighted by molar-refractivity contribution is 7.92. The number of aliphatic hydroxyl groups excluding tert-OH is 1. The van der Waals surface area contributed by atoms with Gasteiger partial charge in [-0.1, -0.05) is 18.2 Å². The lowest BCUT2D eigenvalue weighted by Gasteiger charge is -2.18. The fraction of sp³-hybridized carbons (Fsp3) is 0.167. The minimum atomic E-state index is -4.31. The molecule has 15 heteroatoms. The van der Waals surface area contributed by atoms with E-state index in [1.165, 1.54) is 25.4 Å². The predicted molar refractivity (Wildman–Crippen MR) is 137 cm³/mol. The number of hydrogen-bond donors (Lipinski definition) is 4. The van der Waals surface area contributed by atoms with Gasteiger partial charge in [0.25, 0.3) is 15.9 Å². The van der Waals surface area contributed by atoms with Crippen molar-refractivity contribution in [2.24, 2.45) is 0 Å². The van der Waals surface area contributed by atoms with E-state index in [1.54, 1.807) is 37.3 Å². The molecule has 0 aliphatic rings. The molecule has 4 N–H and O–H groups in total. The lowest BCUT2D eigenvalue weighted by Crippen LogP contribution is -2.18. The Balaban J connectivity index is 2.24. The number of ether oxygens (including phenoxy) is 3. The number of rotatable bonds is 14. The Hall–Kier alpha value is -4.57. The summed E-state index contributed by atoms with van der Waals surface area (Å²) >= 11 is 0. The van der Waals surface area contributed by atoms with E-state index in [9.17, 15) is 18.3 Å². The monoisotopic (exact) mass is 559 g/mol. The van der Waals surface area contributed by atoms with Crippen molar-refractivity contribution in [2.45, 2.75) is 11.9 Å². The zero-order valence-electron chi connectivity index (χ0n) is 20.8. The standard InChI is InChI=1S/C24H25N5O9S/c1-16-7-8-20(25-15-16)39(33,34)29-23-21(37-19-6-4-3-5-18(19)35-2)24(36-14-13-31)28-22(27-23)17(10-12-30)9-11-26-38-32/h3-12,15,26,31-32H,13-14H2,1-2H3,(H,27,28,29)/b11-9-,17-10+. The number of hydrogen-bond acceptors (Lipinski definition) is 13. The zero-order chi connectivity index (χ0) is 28.3. The van der Waals surface area contributed by atoms with E-state index in [2.05, 4.69) is 24.7 Å². The number of aryl methyl sites for hydroxylation is 1. The van der Waals surface area contributed by atoms with Crippen molar-refractivity contribution in [3.8, 4) is 23.1 Å². The number of para-hydroxylation sites is 2. The van der Waals surface area contributed by atoms with E-state index in [0.717, 1.165) is 17.8 Å². The lowest BCUT2D eigenvalue weighted by molar-refractivity contribution is -0.280. The van der Waals surface area contributed by atoms with Crippen LogP contribution in [0.15, 0.2) is 66.0 Å². The first-order valence-electron chi connectivity index (χ1n) is 11.1. The highest BCUT2D eigenvalue weighted by Crippen LogP contribution is 2.41. The molecule has 39 heavy (non-hydrogen) atoms. The number of carbonyl (C=O) groups is 1. The average molecular weight is 560 g/mol. The first-order chi connectivity index (χ1) is 18.8. The van der Waals surface area contributed by atoms with Crippen molar-refractivity contribution < 1.29 is 42.8 Å². The maximum absolute atomic E-state index is 13.2. The van der Waals surface area contributed by atoms with E-state index >= 15 is 0 Å². The van der Waals surface area contributed by atoms with Gasteiger partial charge in [-0.05, 0) is 42.8 Å². The van der Waals surface area contributed by atoms with Crippen LogP contribution in [0, 0.1) is 6.92 Å². The second kappa shape index (κ2) is 13.8. The number of aromatic nitrogens is 3. The summed E-state index contributed by atoms with van der Waals surface area (Å²) in [5.41, 5.74) is 2.83. The Labute approximate surface area is 223 Å². The van der Waals surface area contributed by atoms with Gasteiger partial charge in [-0.25, -0.2) is 20.7 Å². The lowest BCUT2D eigenvalue weighted by atomic mass is 10.2. The fourth-order valence-electron chi connectivity index (χ4n) is 3.00. The molecule has 0 fully saturated rings. The van der Waals surface area contributed by atoms with Gasteiger partial charge in [0.2, 0.25) is 5.75 Å². The summed E-state index contributed by atoms with van der Waals surface area (Å²) in [5, 5.41) is 17.6. The SMILES string of the molecule is COc1ccccc1Oc1c(NS(=O)(=O)c2ccc(C)cn2)nc(C(/C=C\NOO)=C/C=O)nc1OCCO. The number of allylic oxidation sites excluding steroid dienone is 3.